The van der Waals surface area contributed by atoms with Crippen molar-refractivity contribution in [2.24, 2.45) is 11.1 Å². The highest BCUT2D eigenvalue weighted by atomic mass is 32.2. The van der Waals surface area contributed by atoms with Crippen molar-refractivity contribution >= 4 is 21.6 Å². The van der Waals surface area contributed by atoms with Crippen LogP contribution in [0.25, 0.3) is 0 Å². The van der Waals surface area contributed by atoms with Gasteiger partial charge >= 0.3 is 0 Å². The number of sulfonamides is 1. The van der Waals surface area contributed by atoms with Gasteiger partial charge in [-0.25, -0.2) is 13.6 Å². The van der Waals surface area contributed by atoms with E-state index in [2.05, 4.69) is 31.3 Å². The van der Waals surface area contributed by atoms with Gasteiger partial charge in [-0.05, 0) is 54.7 Å². The lowest BCUT2D eigenvalue weighted by Crippen LogP contribution is -2.19. The second kappa shape index (κ2) is 7.80. The number of anilines is 1. The molecule has 0 aliphatic carbocycles. The standard InChI is InChI=1S/C19H24N2O3S/c1-13(2)12-15-4-6-16(7-5-15)14(3)19(22)21-17-8-10-18(11-9-17)25(20,23)24/h4-11,13-14H,12H2,1-3H3,(H,21,22)(H2,20,23,24)/t14-/m0/s1. The van der Waals surface area contributed by atoms with Gasteiger partial charge in [-0.3, -0.25) is 4.79 Å². The first-order valence-corrected chi connectivity index (χ1v) is 9.74. The molecule has 0 aliphatic heterocycles. The van der Waals surface area contributed by atoms with Crippen LogP contribution in [0.2, 0.25) is 0 Å². The number of nitrogens with one attached hydrogen (secondary N) is 1. The molecule has 1 amide bonds. The third kappa shape index (κ3) is 5.41. The Morgan fingerprint density at radius 1 is 1.00 bits per heavy atom. The molecule has 0 fully saturated rings. The summed E-state index contributed by atoms with van der Waals surface area (Å²) >= 11 is 0. The third-order valence-corrected chi connectivity index (χ3v) is 4.90. The highest BCUT2D eigenvalue weighted by Crippen LogP contribution is 2.20. The summed E-state index contributed by atoms with van der Waals surface area (Å²) in [6, 6.07) is 13.9. The van der Waals surface area contributed by atoms with Gasteiger partial charge in [-0.2, -0.15) is 0 Å². The molecule has 0 saturated carbocycles. The Bertz CT molecular complexity index is 826. The van der Waals surface area contributed by atoms with Crippen molar-refractivity contribution in [1.29, 1.82) is 0 Å². The van der Waals surface area contributed by atoms with Crippen LogP contribution in [-0.2, 0) is 21.2 Å². The van der Waals surface area contributed by atoms with Gasteiger partial charge in [0.1, 0.15) is 0 Å². The van der Waals surface area contributed by atoms with Gasteiger partial charge in [0.25, 0.3) is 0 Å². The van der Waals surface area contributed by atoms with Crippen molar-refractivity contribution in [2.75, 3.05) is 5.32 Å². The lowest BCUT2D eigenvalue weighted by molar-refractivity contribution is -0.117. The van der Waals surface area contributed by atoms with E-state index in [-0.39, 0.29) is 16.7 Å². The van der Waals surface area contributed by atoms with E-state index in [1.165, 1.54) is 29.8 Å². The van der Waals surface area contributed by atoms with E-state index in [1.54, 1.807) is 0 Å². The Labute approximate surface area is 149 Å². The molecule has 2 aromatic carbocycles. The summed E-state index contributed by atoms with van der Waals surface area (Å²) in [6.45, 7) is 6.18. The van der Waals surface area contributed by atoms with E-state index in [4.69, 9.17) is 5.14 Å². The molecule has 0 unspecified atom stereocenters. The molecule has 0 spiro atoms. The normalized spacial score (nSPS) is 12.8. The minimum atomic E-state index is -3.73. The Morgan fingerprint density at radius 3 is 2.04 bits per heavy atom. The average molecular weight is 360 g/mol. The zero-order valence-electron chi connectivity index (χ0n) is 14.7. The van der Waals surface area contributed by atoms with Crippen molar-refractivity contribution in [2.45, 2.75) is 38.0 Å². The van der Waals surface area contributed by atoms with Crippen LogP contribution < -0.4 is 10.5 Å². The van der Waals surface area contributed by atoms with Crippen LogP contribution >= 0.6 is 0 Å². The molecular weight excluding hydrogens is 336 g/mol. The number of rotatable bonds is 6. The minimum absolute atomic E-state index is 0.0132. The van der Waals surface area contributed by atoms with Crippen LogP contribution in [0, 0.1) is 5.92 Å². The number of carbonyl (C=O) groups is 1. The number of amides is 1. The van der Waals surface area contributed by atoms with E-state index in [0.717, 1.165) is 12.0 Å². The maximum absolute atomic E-state index is 12.4. The quantitative estimate of drug-likeness (QED) is 0.828. The first-order valence-electron chi connectivity index (χ1n) is 8.19. The first-order chi connectivity index (χ1) is 11.7. The molecule has 3 N–H and O–H groups in total. The molecular formula is C19H24N2O3S. The molecule has 6 heteroatoms. The van der Waals surface area contributed by atoms with Crippen LogP contribution in [0.15, 0.2) is 53.4 Å². The zero-order chi connectivity index (χ0) is 18.6. The summed E-state index contributed by atoms with van der Waals surface area (Å²) in [6.07, 6.45) is 1.01. The van der Waals surface area contributed by atoms with Gasteiger partial charge in [0, 0.05) is 5.69 Å². The predicted octanol–water partition coefficient (Wildman–Crippen LogP) is 3.27. The van der Waals surface area contributed by atoms with Crippen molar-refractivity contribution in [3.63, 3.8) is 0 Å². The molecule has 1 atom stereocenters. The van der Waals surface area contributed by atoms with Crippen LogP contribution in [0.5, 0.6) is 0 Å². The van der Waals surface area contributed by atoms with Gasteiger partial charge in [0.05, 0.1) is 10.8 Å². The molecule has 2 rings (SSSR count). The highest BCUT2D eigenvalue weighted by molar-refractivity contribution is 7.89. The molecule has 5 nitrogen and oxygen atoms in total. The van der Waals surface area contributed by atoms with Crippen LogP contribution in [0.3, 0.4) is 0 Å². The molecule has 25 heavy (non-hydrogen) atoms. The SMILES string of the molecule is CC(C)Cc1ccc([C@H](C)C(=O)Nc2ccc(S(N)(=O)=O)cc2)cc1. The van der Waals surface area contributed by atoms with Gasteiger partial charge in [-0.1, -0.05) is 38.1 Å². The Morgan fingerprint density at radius 2 is 1.56 bits per heavy atom. The average Bonchev–Trinajstić information content (AvgIpc) is 2.54. The smallest absolute Gasteiger partial charge is 0.238 e. The van der Waals surface area contributed by atoms with Gasteiger partial charge in [0.15, 0.2) is 0 Å². The van der Waals surface area contributed by atoms with Crippen molar-refractivity contribution in [3.05, 3.63) is 59.7 Å². The summed E-state index contributed by atoms with van der Waals surface area (Å²) in [4.78, 5) is 12.4. The largest absolute Gasteiger partial charge is 0.326 e. The van der Waals surface area contributed by atoms with Crippen LogP contribution in [0.1, 0.15) is 37.8 Å². The van der Waals surface area contributed by atoms with E-state index in [0.29, 0.717) is 11.6 Å². The molecule has 0 radical (unpaired) electrons. The number of nitrogens with two attached hydrogens (primary N) is 1. The molecule has 0 aromatic heterocycles. The summed E-state index contributed by atoms with van der Waals surface area (Å²) in [5, 5.41) is 7.85. The highest BCUT2D eigenvalue weighted by Gasteiger charge is 2.16. The monoisotopic (exact) mass is 360 g/mol. The molecule has 2 aromatic rings. The summed E-state index contributed by atoms with van der Waals surface area (Å²) in [7, 11) is -3.73. The fraction of sp³-hybridized carbons (Fsp3) is 0.316. The first kappa shape index (κ1) is 19.1. The Kier molecular flexibility index (Phi) is 5.98. The van der Waals surface area contributed by atoms with Crippen molar-refractivity contribution in [1.82, 2.24) is 0 Å². The molecule has 134 valence electrons. The molecule has 0 heterocycles. The van der Waals surface area contributed by atoms with Crippen molar-refractivity contribution in [3.8, 4) is 0 Å². The fourth-order valence-corrected chi connectivity index (χ4v) is 3.06. The van der Waals surface area contributed by atoms with E-state index in [1.807, 2.05) is 19.1 Å². The number of hydrogen-bond donors (Lipinski definition) is 2. The second-order valence-electron chi connectivity index (χ2n) is 6.62. The van der Waals surface area contributed by atoms with Gasteiger partial charge in [0.2, 0.25) is 15.9 Å². The molecule has 0 bridgehead atoms. The van der Waals surface area contributed by atoms with Crippen molar-refractivity contribution < 1.29 is 13.2 Å². The Hall–Kier alpha value is -2.18. The lowest BCUT2D eigenvalue weighted by atomic mass is 9.96. The fourth-order valence-electron chi connectivity index (χ4n) is 2.54. The lowest BCUT2D eigenvalue weighted by Gasteiger charge is -2.14. The van der Waals surface area contributed by atoms with E-state index >= 15 is 0 Å². The minimum Gasteiger partial charge on any atom is -0.326 e. The zero-order valence-corrected chi connectivity index (χ0v) is 15.5. The summed E-state index contributed by atoms with van der Waals surface area (Å²) in [5.41, 5.74) is 2.72. The van der Waals surface area contributed by atoms with E-state index in [9.17, 15) is 13.2 Å². The molecule has 0 saturated heterocycles. The maximum atomic E-state index is 12.4. The predicted molar refractivity (Wildman–Crippen MR) is 99.8 cm³/mol. The van der Waals surface area contributed by atoms with Crippen LogP contribution in [0.4, 0.5) is 5.69 Å². The van der Waals surface area contributed by atoms with Crippen LogP contribution in [-0.4, -0.2) is 14.3 Å². The number of carbonyl (C=O) groups excluding carboxylic acids is 1. The van der Waals surface area contributed by atoms with Gasteiger partial charge in [-0.15, -0.1) is 0 Å². The second-order valence-corrected chi connectivity index (χ2v) is 8.18. The molecule has 0 aliphatic rings. The van der Waals surface area contributed by atoms with E-state index < -0.39 is 10.0 Å². The summed E-state index contributed by atoms with van der Waals surface area (Å²) in [5.74, 6) is 0.123. The summed E-state index contributed by atoms with van der Waals surface area (Å²) < 4.78 is 22.5. The Balaban J connectivity index is 2.04. The third-order valence-electron chi connectivity index (χ3n) is 3.97. The maximum Gasteiger partial charge on any atom is 0.238 e. The number of benzene rings is 2. The topological polar surface area (TPSA) is 89.3 Å². The number of hydrogen-bond acceptors (Lipinski definition) is 3. The van der Waals surface area contributed by atoms with Gasteiger partial charge < -0.3 is 5.32 Å². The number of primary sulfonamides is 1.